The molecule has 5 heteroatoms. The third kappa shape index (κ3) is 7.47. The molecule has 0 aromatic heterocycles. The molecule has 0 heterocycles. The van der Waals surface area contributed by atoms with Gasteiger partial charge in [-0.3, -0.25) is 5.32 Å². The van der Waals surface area contributed by atoms with E-state index in [2.05, 4.69) is 11.9 Å². The van der Waals surface area contributed by atoms with Crippen LogP contribution in [0.15, 0.2) is 12.7 Å². The summed E-state index contributed by atoms with van der Waals surface area (Å²) >= 11 is 0. The standard InChI is InChI=1S/C10H21NO4/c1-5-8(12)15-7-10(3,4)11-9(13)14-6-2/h5,8-9,11-13H,1,6-7H2,2-4H3. The average molecular weight is 219 g/mol. The first-order valence-electron chi connectivity index (χ1n) is 4.91. The van der Waals surface area contributed by atoms with E-state index in [4.69, 9.17) is 14.6 Å². The van der Waals surface area contributed by atoms with Crippen molar-refractivity contribution in [3.8, 4) is 0 Å². The van der Waals surface area contributed by atoms with Gasteiger partial charge in [0.1, 0.15) is 0 Å². The maximum absolute atomic E-state index is 9.34. The molecular weight excluding hydrogens is 198 g/mol. The molecule has 0 aromatic carbocycles. The lowest BCUT2D eigenvalue weighted by Crippen LogP contribution is -2.50. The zero-order chi connectivity index (χ0) is 11.9. The zero-order valence-electron chi connectivity index (χ0n) is 9.56. The summed E-state index contributed by atoms with van der Waals surface area (Å²) in [7, 11) is 0. The molecule has 0 amide bonds. The number of aliphatic hydroxyl groups is 2. The predicted octanol–water partition coefficient (Wildman–Crippen LogP) is 0.188. The average Bonchev–Trinajstić information content (AvgIpc) is 2.13. The van der Waals surface area contributed by atoms with E-state index in [1.165, 1.54) is 6.08 Å². The Morgan fingerprint density at radius 1 is 1.40 bits per heavy atom. The van der Waals surface area contributed by atoms with Crippen molar-refractivity contribution in [3.05, 3.63) is 12.7 Å². The summed E-state index contributed by atoms with van der Waals surface area (Å²) in [6.07, 6.45) is -0.737. The Kier molecular flexibility index (Phi) is 6.71. The number of hydrogen-bond donors (Lipinski definition) is 3. The lowest BCUT2D eigenvalue weighted by Gasteiger charge is -2.29. The normalized spacial score (nSPS) is 16.1. The molecule has 0 aromatic rings. The Balaban J connectivity index is 3.89. The van der Waals surface area contributed by atoms with Gasteiger partial charge in [-0.15, -0.1) is 0 Å². The summed E-state index contributed by atoms with van der Waals surface area (Å²) in [5.74, 6) is 0. The molecule has 15 heavy (non-hydrogen) atoms. The van der Waals surface area contributed by atoms with Crippen molar-refractivity contribution in [1.29, 1.82) is 0 Å². The fourth-order valence-corrected chi connectivity index (χ4v) is 0.937. The molecule has 0 fully saturated rings. The summed E-state index contributed by atoms with van der Waals surface area (Å²) in [6, 6.07) is 0. The van der Waals surface area contributed by atoms with E-state index in [9.17, 15) is 5.11 Å². The van der Waals surface area contributed by atoms with Gasteiger partial charge in [-0.1, -0.05) is 6.58 Å². The van der Waals surface area contributed by atoms with Crippen LogP contribution in [0.5, 0.6) is 0 Å². The second-order valence-electron chi connectivity index (χ2n) is 3.77. The van der Waals surface area contributed by atoms with E-state index in [0.29, 0.717) is 6.61 Å². The highest BCUT2D eigenvalue weighted by Gasteiger charge is 2.22. The van der Waals surface area contributed by atoms with Gasteiger partial charge < -0.3 is 19.7 Å². The maximum Gasteiger partial charge on any atom is 0.213 e. The Hall–Kier alpha value is -0.460. The van der Waals surface area contributed by atoms with Crippen LogP contribution in [-0.2, 0) is 9.47 Å². The number of rotatable bonds is 8. The molecule has 2 unspecified atom stereocenters. The second-order valence-corrected chi connectivity index (χ2v) is 3.77. The van der Waals surface area contributed by atoms with Gasteiger partial charge in [0, 0.05) is 12.1 Å². The predicted molar refractivity (Wildman–Crippen MR) is 57.0 cm³/mol. The summed E-state index contributed by atoms with van der Waals surface area (Å²) in [6.45, 7) is 9.46. The molecule has 90 valence electrons. The smallest absolute Gasteiger partial charge is 0.213 e. The second kappa shape index (κ2) is 6.92. The third-order valence-electron chi connectivity index (χ3n) is 1.66. The van der Waals surface area contributed by atoms with Crippen molar-refractivity contribution in [3.63, 3.8) is 0 Å². The fraction of sp³-hybridized carbons (Fsp3) is 0.800. The van der Waals surface area contributed by atoms with E-state index in [-0.39, 0.29) is 6.61 Å². The van der Waals surface area contributed by atoms with Crippen LogP contribution < -0.4 is 5.32 Å². The van der Waals surface area contributed by atoms with Crippen molar-refractivity contribution < 1.29 is 19.7 Å². The summed E-state index contributed by atoms with van der Waals surface area (Å²) in [5.41, 5.74) is -0.501. The lowest BCUT2D eigenvalue weighted by atomic mass is 10.1. The highest BCUT2D eigenvalue weighted by atomic mass is 16.6. The van der Waals surface area contributed by atoms with Gasteiger partial charge in [0.2, 0.25) is 6.41 Å². The van der Waals surface area contributed by atoms with Crippen molar-refractivity contribution >= 4 is 0 Å². The minimum Gasteiger partial charge on any atom is -0.365 e. The largest absolute Gasteiger partial charge is 0.365 e. The molecule has 0 aliphatic heterocycles. The van der Waals surface area contributed by atoms with E-state index in [0.717, 1.165) is 0 Å². The minimum absolute atomic E-state index is 0.227. The van der Waals surface area contributed by atoms with Crippen molar-refractivity contribution in [2.75, 3.05) is 13.2 Å². The molecule has 5 nitrogen and oxygen atoms in total. The van der Waals surface area contributed by atoms with Crippen LogP contribution in [0.3, 0.4) is 0 Å². The molecule has 0 saturated heterocycles. The number of hydrogen-bond acceptors (Lipinski definition) is 5. The first-order valence-corrected chi connectivity index (χ1v) is 4.91. The van der Waals surface area contributed by atoms with Gasteiger partial charge >= 0.3 is 0 Å². The first kappa shape index (κ1) is 14.5. The van der Waals surface area contributed by atoms with Crippen LogP contribution in [0.4, 0.5) is 0 Å². The summed E-state index contributed by atoms with van der Waals surface area (Å²) < 4.78 is 9.96. The van der Waals surface area contributed by atoms with Crippen LogP contribution in [0.2, 0.25) is 0 Å². The number of nitrogens with one attached hydrogen (secondary N) is 1. The van der Waals surface area contributed by atoms with Crippen LogP contribution in [-0.4, -0.2) is 41.7 Å². The first-order chi connectivity index (χ1) is 6.91. The fourth-order valence-electron chi connectivity index (χ4n) is 0.937. The molecule has 0 aliphatic carbocycles. The highest BCUT2D eigenvalue weighted by molar-refractivity contribution is 4.78. The minimum atomic E-state index is -1.03. The summed E-state index contributed by atoms with van der Waals surface area (Å²) in [5, 5.41) is 21.2. The van der Waals surface area contributed by atoms with Gasteiger partial charge in [-0.2, -0.15) is 0 Å². The van der Waals surface area contributed by atoms with Gasteiger partial charge in [0.25, 0.3) is 0 Å². The van der Waals surface area contributed by atoms with Crippen molar-refractivity contribution in [2.24, 2.45) is 0 Å². The van der Waals surface area contributed by atoms with Crippen LogP contribution in [0.1, 0.15) is 20.8 Å². The molecular formula is C10H21NO4. The van der Waals surface area contributed by atoms with E-state index >= 15 is 0 Å². The van der Waals surface area contributed by atoms with Crippen LogP contribution in [0.25, 0.3) is 0 Å². The van der Waals surface area contributed by atoms with E-state index in [1.54, 1.807) is 6.92 Å². The molecule has 0 spiro atoms. The Morgan fingerprint density at radius 3 is 2.47 bits per heavy atom. The molecule has 0 radical (unpaired) electrons. The van der Waals surface area contributed by atoms with Gasteiger partial charge in [0.05, 0.1) is 6.61 Å². The van der Waals surface area contributed by atoms with Crippen molar-refractivity contribution in [1.82, 2.24) is 5.32 Å². The van der Waals surface area contributed by atoms with Gasteiger partial charge in [-0.05, 0) is 26.8 Å². The number of aliphatic hydroxyl groups excluding tert-OH is 2. The highest BCUT2D eigenvalue weighted by Crippen LogP contribution is 2.06. The Bertz CT molecular complexity index is 184. The molecule has 3 N–H and O–H groups in total. The molecule has 2 atom stereocenters. The zero-order valence-corrected chi connectivity index (χ0v) is 9.56. The van der Waals surface area contributed by atoms with Crippen LogP contribution in [0, 0.1) is 0 Å². The van der Waals surface area contributed by atoms with Gasteiger partial charge in [0.15, 0.2) is 6.29 Å². The summed E-state index contributed by atoms with van der Waals surface area (Å²) in [4.78, 5) is 0. The third-order valence-corrected chi connectivity index (χ3v) is 1.66. The topological polar surface area (TPSA) is 71.0 Å². The quantitative estimate of drug-likeness (QED) is 0.401. The monoisotopic (exact) mass is 219 g/mol. The van der Waals surface area contributed by atoms with E-state index < -0.39 is 18.2 Å². The molecule has 0 bridgehead atoms. The molecule has 0 rings (SSSR count). The maximum atomic E-state index is 9.34. The molecule has 0 aliphatic rings. The number of ether oxygens (including phenoxy) is 2. The molecule has 0 saturated carbocycles. The van der Waals surface area contributed by atoms with Crippen LogP contribution >= 0.6 is 0 Å². The van der Waals surface area contributed by atoms with Crippen molar-refractivity contribution in [2.45, 2.75) is 39.0 Å². The Labute approximate surface area is 90.7 Å². The SMILES string of the molecule is C=CC(O)OCC(C)(C)NC(O)OCC. The van der Waals surface area contributed by atoms with E-state index in [1.807, 2.05) is 13.8 Å². The lowest BCUT2D eigenvalue weighted by molar-refractivity contribution is -0.145. The van der Waals surface area contributed by atoms with Gasteiger partial charge in [-0.25, -0.2) is 0 Å². The Morgan fingerprint density at radius 2 is 2.00 bits per heavy atom.